The van der Waals surface area contributed by atoms with Gasteiger partial charge in [-0.05, 0) is 44.9 Å². The Hall–Kier alpha value is -1.46. The molecular weight excluding hydrogens is 317 g/mol. The summed E-state index contributed by atoms with van der Waals surface area (Å²) in [6, 6.07) is 3.43. The van der Waals surface area contributed by atoms with Crippen LogP contribution in [0.3, 0.4) is 0 Å². The molecule has 1 atom stereocenters. The number of rotatable bonds is 4. The molecule has 0 fully saturated rings. The fourth-order valence-electron chi connectivity index (χ4n) is 1.55. The van der Waals surface area contributed by atoms with Crippen LogP contribution < -0.4 is 10.4 Å². The highest BCUT2D eigenvalue weighted by Gasteiger charge is 2.21. The Morgan fingerprint density at radius 1 is 1.33 bits per heavy atom. The first-order valence-corrected chi connectivity index (χ1v) is 6.98. The number of hydrogen-bond donors (Lipinski definition) is 1. The number of nitrogens with one attached hydrogen (secondary N) is 1. The molecule has 116 valence electrons. The molecule has 0 spiro atoms. The number of carbonyl (C=O) groups is 2. The van der Waals surface area contributed by atoms with Crippen molar-refractivity contribution in [2.45, 2.75) is 38.8 Å². The van der Waals surface area contributed by atoms with Crippen LogP contribution in [0.15, 0.2) is 18.2 Å². The maximum Gasteiger partial charge on any atom is 0.408 e. The van der Waals surface area contributed by atoms with E-state index in [1.54, 1.807) is 32.9 Å². The van der Waals surface area contributed by atoms with Gasteiger partial charge in [-0.15, -0.1) is 0 Å². The average Bonchev–Trinajstić information content (AvgIpc) is 2.28. The molecular formula is C14H16Cl2NO4-. The first-order valence-electron chi connectivity index (χ1n) is 6.23. The van der Waals surface area contributed by atoms with E-state index in [1.807, 2.05) is 0 Å². The highest BCUT2D eigenvalue weighted by Crippen LogP contribution is 2.22. The summed E-state index contributed by atoms with van der Waals surface area (Å²) in [7, 11) is 0. The molecule has 0 aliphatic rings. The molecule has 0 radical (unpaired) electrons. The van der Waals surface area contributed by atoms with Crippen molar-refractivity contribution < 1.29 is 19.4 Å². The third-order valence-electron chi connectivity index (χ3n) is 2.41. The highest BCUT2D eigenvalue weighted by molar-refractivity contribution is 6.35. The van der Waals surface area contributed by atoms with Crippen molar-refractivity contribution in [3.63, 3.8) is 0 Å². The number of ether oxygens (including phenoxy) is 1. The third kappa shape index (κ3) is 6.23. The minimum atomic E-state index is -1.42. The zero-order valence-electron chi connectivity index (χ0n) is 11.9. The van der Waals surface area contributed by atoms with Crippen LogP contribution >= 0.6 is 23.2 Å². The molecule has 1 N–H and O–H groups in total. The molecule has 21 heavy (non-hydrogen) atoms. The lowest BCUT2D eigenvalue weighted by atomic mass is 10.1. The number of carbonyl (C=O) groups excluding carboxylic acids is 2. The molecule has 0 saturated heterocycles. The molecule has 0 aliphatic heterocycles. The molecule has 1 aromatic carbocycles. The van der Waals surface area contributed by atoms with Crippen LogP contribution in [0.25, 0.3) is 0 Å². The predicted molar refractivity (Wildman–Crippen MR) is 78.3 cm³/mol. The van der Waals surface area contributed by atoms with Crippen LogP contribution in [-0.4, -0.2) is 23.7 Å². The van der Waals surface area contributed by atoms with E-state index < -0.39 is 23.7 Å². The minimum absolute atomic E-state index is 0.0302. The normalized spacial score (nSPS) is 12.6. The Labute approximate surface area is 133 Å². The lowest BCUT2D eigenvalue weighted by molar-refractivity contribution is -0.308. The fraction of sp³-hybridized carbons (Fsp3) is 0.429. The highest BCUT2D eigenvalue weighted by atomic mass is 35.5. The maximum absolute atomic E-state index is 11.6. The largest absolute Gasteiger partial charge is 0.548 e. The van der Waals surface area contributed by atoms with E-state index >= 15 is 0 Å². The van der Waals surface area contributed by atoms with Gasteiger partial charge in [0.25, 0.3) is 0 Å². The number of alkyl carbamates (subject to hydrolysis) is 1. The van der Waals surface area contributed by atoms with Gasteiger partial charge in [-0.25, -0.2) is 4.79 Å². The van der Waals surface area contributed by atoms with E-state index in [4.69, 9.17) is 27.9 Å². The standard InChI is InChI=1S/C14H17Cl2NO4/c1-14(2,3)21-13(20)17-11(12(18)19)6-8-4-5-9(15)7-10(8)16/h4-5,7,11H,6H2,1-3H3,(H,17,20)(H,18,19)/p-1. The van der Waals surface area contributed by atoms with Crippen LogP contribution in [0.4, 0.5) is 4.79 Å². The number of carboxylic acids is 1. The fourth-order valence-corrected chi connectivity index (χ4v) is 2.04. The monoisotopic (exact) mass is 332 g/mol. The van der Waals surface area contributed by atoms with Crippen molar-refractivity contribution >= 4 is 35.3 Å². The van der Waals surface area contributed by atoms with Crippen LogP contribution in [0.1, 0.15) is 26.3 Å². The number of benzene rings is 1. The van der Waals surface area contributed by atoms with Gasteiger partial charge in [-0.3, -0.25) is 0 Å². The number of hydrogen-bond acceptors (Lipinski definition) is 4. The SMILES string of the molecule is CC(C)(C)OC(=O)NC(Cc1ccc(Cl)cc1Cl)C(=O)[O-]. The number of aliphatic carboxylic acids is 1. The summed E-state index contributed by atoms with van der Waals surface area (Å²) >= 11 is 11.7. The number of amides is 1. The van der Waals surface area contributed by atoms with Crippen LogP contribution in [0, 0.1) is 0 Å². The van der Waals surface area contributed by atoms with Gasteiger partial charge in [0.1, 0.15) is 5.60 Å². The van der Waals surface area contributed by atoms with E-state index in [1.165, 1.54) is 6.07 Å². The van der Waals surface area contributed by atoms with Crippen molar-refractivity contribution in [3.8, 4) is 0 Å². The molecule has 1 aromatic rings. The zero-order chi connectivity index (χ0) is 16.2. The maximum atomic E-state index is 11.6. The lowest BCUT2D eigenvalue weighted by Gasteiger charge is -2.24. The van der Waals surface area contributed by atoms with Crippen molar-refractivity contribution in [1.82, 2.24) is 5.32 Å². The van der Waals surface area contributed by atoms with Gasteiger partial charge in [0.2, 0.25) is 0 Å². The summed E-state index contributed by atoms with van der Waals surface area (Å²) in [6.07, 6.45) is -0.862. The van der Waals surface area contributed by atoms with Crippen molar-refractivity contribution in [2.75, 3.05) is 0 Å². The van der Waals surface area contributed by atoms with E-state index in [0.29, 0.717) is 15.6 Å². The van der Waals surface area contributed by atoms with E-state index in [2.05, 4.69) is 5.32 Å². The van der Waals surface area contributed by atoms with Gasteiger partial charge in [-0.2, -0.15) is 0 Å². The lowest BCUT2D eigenvalue weighted by Crippen LogP contribution is -2.50. The van der Waals surface area contributed by atoms with E-state index in [-0.39, 0.29) is 6.42 Å². The molecule has 7 heteroatoms. The Bertz CT molecular complexity index is 540. The second kappa shape index (κ2) is 7.00. The van der Waals surface area contributed by atoms with Gasteiger partial charge < -0.3 is 20.0 Å². The van der Waals surface area contributed by atoms with Gasteiger partial charge in [-0.1, -0.05) is 29.3 Å². The molecule has 0 saturated carbocycles. The summed E-state index contributed by atoms with van der Waals surface area (Å²) < 4.78 is 5.01. The Morgan fingerprint density at radius 2 is 1.95 bits per heavy atom. The second-order valence-electron chi connectivity index (χ2n) is 5.46. The van der Waals surface area contributed by atoms with E-state index in [0.717, 1.165) is 0 Å². The Morgan fingerprint density at radius 3 is 2.43 bits per heavy atom. The van der Waals surface area contributed by atoms with E-state index in [9.17, 15) is 14.7 Å². The molecule has 0 bridgehead atoms. The van der Waals surface area contributed by atoms with Crippen LogP contribution in [0.2, 0.25) is 10.0 Å². The first-order chi connectivity index (χ1) is 9.58. The smallest absolute Gasteiger partial charge is 0.408 e. The van der Waals surface area contributed by atoms with Crippen molar-refractivity contribution in [3.05, 3.63) is 33.8 Å². The molecule has 0 aliphatic carbocycles. The van der Waals surface area contributed by atoms with Gasteiger partial charge in [0.15, 0.2) is 0 Å². The Balaban J connectivity index is 2.79. The van der Waals surface area contributed by atoms with Crippen LogP contribution in [0.5, 0.6) is 0 Å². The number of halogens is 2. The topological polar surface area (TPSA) is 78.5 Å². The van der Waals surface area contributed by atoms with Gasteiger partial charge in [0.05, 0.1) is 12.0 Å². The summed E-state index contributed by atoms with van der Waals surface area (Å²) in [4.78, 5) is 22.8. The molecule has 0 aromatic heterocycles. The molecule has 1 amide bonds. The van der Waals surface area contributed by atoms with Crippen LogP contribution in [-0.2, 0) is 16.0 Å². The summed E-state index contributed by atoms with van der Waals surface area (Å²) in [5, 5.41) is 14.1. The third-order valence-corrected chi connectivity index (χ3v) is 3.00. The molecule has 5 nitrogen and oxygen atoms in total. The average molecular weight is 333 g/mol. The summed E-state index contributed by atoms with van der Waals surface area (Å²) in [6.45, 7) is 5.03. The molecule has 0 heterocycles. The zero-order valence-corrected chi connectivity index (χ0v) is 13.4. The first kappa shape index (κ1) is 17.6. The number of carboxylic acid groups (broad SMARTS) is 1. The summed E-state index contributed by atoms with van der Waals surface area (Å²) in [5.41, 5.74) is -0.190. The van der Waals surface area contributed by atoms with Crippen molar-refractivity contribution in [1.29, 1.82) is 0 Å². The minimum Gasteiger partial charge on any atom is -0.548 e. The Kier molecular flexibility index (Phi) is 5.87. The molecule has 1 rings (SSSR count). The molecule has 1 unspecified atom stereocenters. The van der Waals surface area contributed by atoms with Crippen molar-refractivity contribution in [2.24, 2.45) is 0 Å². The second-order valence-corrected chi connectivity index (χ2v) is 6.30. The van der Waals surface area contributed by atoms with Gasteiger partial charge >= 0.3 is 6.09 Å². The van der Waals surface area contributed by atoms with Gasteiger partial charge in [0, 0.05) is 10.0 Å². The quantitative estimate of drug-likeness (QED) is 0.916. The summed E-state index contributed by atoms with van der Waals surface area (Å²) in [5.74, 6) is -1.42. The predicted octanol–water partition coefficient (Wildman–Crippen LogP) is 2.18.